The number of carbonyl (C=O) groups is 2. The second kappa shape index (κ2) is 20.5. The third-order valence-electron chi connectivity index (χ3n) is 5.77. The van der Waals surface area contributed by atoms with Crippen LogP contribution in [-0.2, 0) is 14.3 Å². The zero-order valence-electron chi connectivity index (χ0n) is 21.7. The van der Waals surface area contributed by atoms with Gasteiger partial charge in [-0.3, -0.25) is 0 Å². The molecule has 0 heterocycles. The molecule has 0 aliphatic carbocycles. The lowest BCUT2D eigenvalue weighted by atomic mass is 9.85. The first kappa shape index (κ1) is 33.0. The molecular weight excluding hydrogens is 408 g/mol. The first-order valence-electron chi connectivity index (χ1n) is 12.9. The number of hydrogen-bond acceptors (Lipinski definition) is 5. The van der Waals surface area contributed by atoms with E-state index in [1.54, 1.807) is 0 Å². The summed E-state index contributed by atoms with van der Waals surface area (Å²) < 4.78 is 5.06. The highest BCUT2D eigenvalue weighted by Gasteiger charge is 2.32. The lowest BCUT2D eigenvalue weighted by Crippen LogP contribution is -2.37. The SMILES string of the molecule is CCCCCC(CCC)CC(C)(O)C(=O)O.CCCCCC(CCC)COC(=O)C(C)O. The summed E-state index contributed by atoms with van der Waals surface area (Å²) in [6.45, 7) is 11.9. The Bertz CT molecular complexity index is 459. The van der Waals surface area contributed by atoms with E-state index in [1.807, 2.05) is 0 Å². The number of hydrogen-bond donors (Lipinski definition) is 3. The average molecular weight is 461 g/mol. The van der Waals surface area contributed by atoms with Crippen molar-refractivity contribution in [3.8, 4) is 0 Å². The number of aliphatic hydroxyl groups excluding tert-OH is 1. The summed E-state index contributed by atoms with van der Waals surface area (Å²) >= 11 is 0. The van der Waals surface area contributed by atoms with Crippen LogP contribution in [0.3, 0.4) is 0 Å². The molecule has 32 heavy (non-hydrogen) atoms. The third-order valence-corrected chi connectivity index (χ3v) is 5.77. The van der Waals surface area contributed by atoms with Gasteiger partial charge in [-0.25, -0.2) is 9.59 Å². The minimum Gasteiger partial charge on any atom is -0.479 e. The molecule has 0 saturated heterocycles. The van der Waals surface area contributed by atoms with Gasteiger partial charge in [0.25, 0.3) is 0 Å². The van der Waals surface area contributed by atoms with Gasteiger partial charge in [0, 0.05) is 0 Å². The maximum Gasteiger partial charge on any atom is 0.335 e. The predicted molar refractivity (Wildman–Crippen MR) is 131 cm³/mol. The maximum atomic E-state index is 11.1. The van der Waals surface area contributed by atoms with Crippen molar-refractivity contribution in [3.63, 3.8) is 0 Å². The number of carbonyl (C=O) groups excluding carboxylic acids is 1. The van der Waals surface area contributed by atoms with Crippen LogP contribution in [0.2, 0.25) is 0 Å². The zero-order chi connectivity index (χ0) is 25.0. The van der Waals surface area contributed by atoms with Crippen molar-refractivity contribution < 1.29 is 29.6 Å². The van der Waals surface area contributed by atoms with Gasteiger partial charge in [0.1, 0.15) is 6.10 Å². The standard InChI is InChI=1S/2C13H26O3/c1-4-6-7-9-11(8-5-2)10-13(3,16)12(14)15;1-4-6-7-9-12(8-5-2)10-16-13(15)11(3)14/h11,16H,4-10H2,1-3H3,(H,14,15);11-12,14H,4-10H2,1-3H3. The van der Waals surface area contributed by atoms with Gasteiger partial charge in [-0.15, -0.1) is 0 Å². The Hall–Kier alpha value is -1.14. The van der Waals surface area contributed by atoms with E-state index in [-0.39, 0.29) is 0 Å². The quantitative estimate of drug-likeness (QED) is 0.168. The molecule has 0 rings (SSSR count). The molecule has 192 valence electrons. The second-order valence-electron chi connectivity index (χ2n) is 9.39. The van der Waals surface area contributed by atoms with Gasteiger partial charge in [-0.2, -0.15) is 0 Å². The van der Waals surface area contributed by atoms with Crippen LogP contribution in [0, 0.1) is 11.8 Å². The fourth-order valence-electron chi connectivity index (χ4n) is 3.81. The number of carboxylic acids is 1. The van der Waals surface area contributed by atoms with Gasteiger partial charge < -0.3 is 20.1 Å². The topological polar surface area (TPSA) is 104 Å². The molecule has 4 unspecified atom stereocenters. The number of aliphatic hydroxyl groups is 2. The van der Waals surface area contributed by atoms with Crippen molar-refractivity contribution in [3.05, 3.63) is 0 Å². The fraction of sp³-hybridized carbons (Fsp3) is 0.923. The summed E-state index contributed by atoms with van der Waals surface area (Å²) in [5, 5.41) is 27.6. The van der Waals surface area contributed by atoms with E-state index in [0.29, 0.717) is 24.9 Å². The highest BCUT2D eigenvalue weighted by atomic mass is 16.5. The molecule has 0 fully saturated rings. The Morgan fingerprint density at radius 3 is 1.69 bits per heavy atom. The van der Waals surface area contributed by atoms with Gasteiger partial charge in [0.05, 0.1) is 6.61 Å². The number of esters is 1. The lowest BCUT2D eigenvalue weighted by Gasteiger charge is -2.24. The Kier molecular flexibility index (Phi) is 21.1. The lowest BCUT2D eigenvalue weighted by molar-refractivity contribution is -0.158. The molecule has 0 spiro atoms. The normalized spacial score (nSPS) is 15.6. The third kappa shape index (κ3) is 18.4. The van der Waals surface area contributed by atoms with E-state index in [9.17, 15) is 14.7 Å². The van der Waals surface area contributed by atoms with Crippen molar-refractivity contribution in [2.45, 2.75) is 137 Å². The molecule has 4 atom stereocenters. The van der Waals surface area contributed by atoms with Crippen molar-refractivity contribution in [2.75, 3.05) is 6.61 Å². The van der Waals surface area contributed by atoms with E-state index in [4.69, 9.17) is 14.9 Å². The molecule has 0 aromatic rings. The summed E-state index contributed by atoms with van der Waals surface area (Å²) in [5.74, 6) is -0.817. The second-order valence-corrected chi connectivity index (χ2v) is 9.39. The summed E-state index contributed by atoms with van der Waals surface area (Å²) in [6.07, 6.45) is 12.9. The van der Waals surface area contributed by atoms with E-state index in [0.717, 1.165) is 44.9 Å². The molecule has 0 aromatic heterocycles. The largest absolute Gasteiger partial charge is 0.479 e. The number of unbranched alkanes of at least 4 members (excludes halogenated alkanes) is 4. The Morgan fingerprint density at radius 2 is 1.28 bits per heavy atom. The highest BCUT2D eigenvalue weighted by Crippen LogP contribution is 2.26. The summed E-state index contributed by atoms with van der Waals surface area (Å²) in [6, 6.07) is 0. The molecule has 6 nitrogen and oxygen atoms in total. The summed E-state index contributed by atoms with van der Waals surface area (Å²) in [4.78, 5) is 22.0. The average Bonchev–Trinajstić information content (AvgIpc) is 2.72. The number of rotatable bonds is 18. The van der Waals surface area contributed by atoms with Crippen LogP contribution < -0.4 is 0 Å². The number of carboxylic acid groups (broad SMARTS) is 1. The van der Waals surface area contributed by atoms with Crippen LogP contribution in [0.4, 0.5) is 0 Å². The highest BCUT2D eigenvalue weighted by molar-refractivity contribution is 5.76. The van der Waals surface area contributed by atoms with Crippen LogP contribution >= 0.6 is 0 Å². The maximum absolute atomic E-state index is 11.1. The van der Waals surface area contributed by atoms with Gasteiger partial charge >= 0.3 is 11.9 Å². The Labute approximate surface area is 197 Å². The van der Waals surface area contributed by atoms with Gasteiger partial charge in [-0.1, -0.05) is 91.9 Å². The number of aliphatic carboxylic acids is 1. The minimum absolute atomic E-state index is 0.336. The molecule has 0 aliphatic heterocycles. The first-order chi connectivity index (χ1) is 15.0. The molecule has 0 amide bonds. The first-order valence-corrected chi connectivity index (χ1v) is 12.9. The smallest absolute Gasteiger partial charge is 0.335 e. The van der Waals surface area contributed by atoms with E-state index in [1.165, 1.54) is 46.0 Å². The summed E-state index contributed by atoms with van der Waals surface area (Å²) in [5.41, 5.74) is -1.56. The molecule has 3 N–H and O–H groups in total. The van der Waals surface area contributed by atoms with Crippen LogP contribution in [-0.4, -0.2) is 45.6 Å². The van der Waals surface area contributed by atoms with Crippen molar-refractivity contribution >= 4 is 11.9 Å². The molecule has 0 aliphatic rings. The molecule has 0 aromatic carbocycles. The van der Waals surface area contributed by atoms with Gasteiger partial charge in [0.2, 0.25) is 0 Å². The van der Waals surface area contributed by atoms with Gasteiger partial charge in [-0.05, 0) is 44.9 Å². The fourth-order valence-corrected chi connectivity index (χ4v) is 3.81. The van der Waals surface area contributed by atoms with Crippen LogP contribution in [0.25, 0.3) is 0 Å². The minimum atomic E-state index is -1.56. The monoisotopic (exact) mass is 460 g/mol. The van der Waals surface area contributed by atoms with Crippen LogP contribution in [0.1, 0.15) is 125 Å². The van der Waals surface area contributed by atoms with Crippen molar-refractivity contribution in [2.24, 2.45) is 11.8 Å². The van der Waals surface area contributed by atoms with Crippen molar-refractivity contribution in [1.29, 1.82) is 0 Å². The van der Waals surface area contributed by atoms with Crippen molar-refractivity contribution in [1.82, 2.24) is 0 Å². The van der Waals surface area contributed by atoms with E-state index >= 15 is 0 Å². The zero-order valence-corrected chi connectivity index (χ0v) is 21.7. The summed E-state index contributed by atoms with van der Waals surface area (Å²) in [7, 11) is 0. The van der Waals surface area contributed by atoms with E-state index in [2.05, 4.69) is 27.7 Å². The Morgan fingerprint density at radius 1 is 0.812 bits per heavy atom. The van der Waals surface area contributed by atoms with Gasteiger partial charge in [0.15, 0.2) is 5.60 Å². The predicted octanol–water partition coefficient (Wildman–Crippen LogP) is 6.12. The molecule has 0 saturated carbocycles. The molecule has 0 bridgehead atoms. The van der Waals surface area contributed by atoms with Crippen LogP contribution in [0.15, 0.2) is 0 Å². The number of ether oxygens (including phenoxy) is 1. The molecule has 0 radical (unpaired) electrons. The Balaban J connectivity index is 0. The van der Waals surface area contributed by atoms with Crippen LogP contribution in [0.5, 0.6) is 0 Å². The molecular formula is C26H52O6. The molecule has 6 heteroatoms. The van der Waals surface area contributed by atoms with E-state index < -0.39 is 23.6 Å².